The molecular weight excluding hydrogens is 700 g/mol. The fraction of sp³-hybridized carbons (Fsp3) is 0.512. The molecule has 0 radical (unpaired) electrons. The lowest BCUT2D eigenvalue weighted by Gasteiger charge is -2.17. The summed E-state index contributed by atoms with van der Waals surface area (Å²) in [4.78, 5) is 14.9. The SMILES string of the molecule is CCCCCCCCC#Cc1ccc(-c2ccc(-c3cc(OCCCCCC)c(-c4ccc(O[PH](=O)O)s4)cc3OCCCCCCC)s2)s1. The van der Waals surface area contributed by atoms with Gasteiger partial charge in [0.2, 0.25) is 0 Å². The Hall–Kier alpha value is -2.53. The van der Waals surface area contributed by atoms with Gasteiger partial charge >= 0.3 is 8.25 Å². The molecule has 0 aliphatic rings. The molecule has 0 saturated heterocycles. The number of ether oxygens (including phenoxy) is 2. The van der Waals surface area contributed by atoms with Crippen molar-refractivity contribution in [2.75, 3.05) is 13.2 Å². The van der Waals surface area contributed by atoms with Crippen LogP contribution in [0.1, 0.15) is 128 Å². The quantitative estimate of drug-likeness (QED) is 0.0438. The first kappa shape index (κ1) is 40.2. The number of benzene rings is 1. The highest BCUT2D eigenvalue weighted by molar-refractivity contribution is 7.33. The van der Waals surface area contributed by atoms with E-state index in [0.717, 1.165) is 69.4 Å². The summed E-state index contributed by atoms with van der Waals surface area (Å²) in [7, 11) is -3.09. The lowest BCUT2D eigenvalue weighted by Crippen LogP contribution is -2.02. The summed E-state index contributed by atoms with van der Waals surface area (Å²) in [5.41, 5.74) is 1.92. The molecule has 4 aromatic rings. The van der Waals surface area contributed by atoms with Crippen LogP contribution in [0.5, 0.6) is 16.6 Å². The van der Waals surface area contributed by atoms with Crippen molar-refractivity contribution in [3.63, 3.8) is 0 Å². The second-order valence-corrected chi connectivity index (χ2v) is 16.6. The minimum absolute atomic E-state index is 0.410. The minimum Gasteiger partial charge on any atom is -0.493 e. The Morgan fingerprint density at radius 1 is 0.600 bits per heavy atom. The zero-order valence-electron chi connectivity index (χ0n) is 30.2. The predicted molar refractivity (Wildman–Crippen MR) is 217 cm³/mol. The van der Waals surface area contributed by atoms with E-state index in [-0.39, 0.29) is 0 Å². The van der Waals surface area contributed by atoms with Crippen molar-refractivity contribution in [1.82, 2.24) is 0 Å². The Morgan fingerprint density at radius 3 is 1.74 bits per heavy atom. The molecule has 3 heterocycles. The summed E-state index contributed by atoms with van der Waals surface area (Å²) >= 11 is 4.86. The number of hydrogen-bond donors (Lipinski definition) is 1. The van der Waals surface area contributed by atoms with Crippen molar-refractivity contribution in [3.05, 3.63) is 53.4 Å². The minimum atomic E-state index is -3.09. The third-order valence-electron chi connectivity index (χ3n) is 8.46. The van der Waals surface area contributed by atoms with Gasteiger partial charge in [-0.15, -0.1) is 22.7 Å². The molecule has 1 N–H and O–H groups in total. The first-order valence-corrected chi connectivity index (χ1v) is 22.4. The number of thiophene rings is 3. The number of unbranched alkanes of at least 4 members (excludes halogenated alkanes) is 13. The lowest BCUT2D eigenvalue weighted by atomic mass is 10.1. The van der Waals surface area contributed by atoms with Crippen LogP contribution in [0, 0.1) is 11.8 Å². The molecule has 1 unspecified atom stereocenters. The van der Waals surface area contributed by atoms with Gasteiger partial charge in [0.1, 0.15) is 11.5 Å². The van der Waals surface area contributed by atoms with E-state index in [9.17, 15) is 9.46 Å². The van der Waals surface area contributed by atoms with Crippen LogP contribution >= 0.6 is 42.3 Å². The van der Waals surface area contributed by atoms with Crippen LogP contribution in [0.25, 0.3) is 30.6 Å². The second-order valence-electron chi connectivity index (χ2n) is 12.7. The first-order chi connectivity index (χ1) is 24.5. The van der Waals surface area contributed by atoms with E-state index in [1.807, 2.05) is 6.07 Å². The van der Waals surface area contributed by atoms with E-state index < -0.39 is 8.25 Å². The Morgan fingerprint density at radius 2 is 1.10 bits per heavy atom. The lowest BCUT2D eigenvalue weighted by molar-refractivity contribution is 0.299. The highest BCUT2D eigenvalue weighted by Crippen LogP contribution is 2.47. The average Bonchev–Trinajstić information content (AvgIpc) is 3.89. The van der Waals surface area contributed by atoms with Gasteiger partial charge in [-0.2, -0.15) is 0 Å². The maximum absolute atomic E-state index is 11.4. The standard InChI is InChI=1S/C41H55O5PS3/c1-4-7-10-13-14-15-16-18-21-32-22-23-39(48-32)40-25-24-37(49-40)33-30-36(44-28-19-12-9-6-3)34(38-26-27-41(50-38)46-47(42)43)31-35(33)45-29-20-17-11-8-5-2/h22-27,30-31,47H,4-17,19-20,28-29H2,1-3H3,(H,42,43). The summed E-state index contributed by atoms with van der Waals surface area (Å²) in [5.74, 6) is 8.40. The molecule has 0 aliphatic heterocycles. The van der Waals surface area contributed by atoms with Gasteiger partial charge in [-0.05, 0) is 67.8 Å². The van der Waals surface area contributed by atoms with Crippen LogP contribution in [0.2, 0.25) is 0 Å². The maximum atomic E-state index is 11.4. The maximum Gasteiger partial charge on any atom is 0.365 e. The van der Waals surface area contributed by atoms with Crippen molar-refractivity contribution in [2.24, 2.45) is 0 Å². The fourth-order valence-corrected chi connectivity index (χ4v) is 9.06. The highest BCUT2D eigenvalue weighted by Gasteiger charge is 2.19. The normalized spacial score (nSPS) is 11.7. The third-order valence-corrected chi connectivity index (χ3v) is 12.3. The molecule has 4 rings (SSSR count). The summed E-state index contributed by atoms with van der Waals surface area (Å²) in [5, 5.41) is 0.410. The topological polar surface area (TPSA) is 65.0 Å². The molecule has 0 saturated carbocycles. The second kappa shape index (κ2) is 23.1. The Balaban J connectivity index is 1.59. The molecule has 50 heavy (non-hydrogen) atoms. The van der Waals surface area contributed by atoms with Gasteiger partial charge in [0.15, 0.2) is 5.06 Å². The van der Waals surface area contributed by atoms with E-state index in [1.54, 1.807) is 28.7 Å². The van der Waals surface area contributed by atoms with Crippen LogP contribution < -0.4 is 14.0 Å². The Kier molecular flexibility index (Phi) is 18.6. The van der Waals surface area contributed by atoms with Gasteiger partial charge in [-0.1, -0.05) is 121 Å². The van der Waals surface area contributed by atoms with Crippen molar-refractivity contribution < 1.29 is 23.5 Å². The molecular formula is C41H55O5PS3. The van der Waals surface area contributed by atoms with E-state index in [4.69, 9.17) is 14.0 Å². The average molecular weight is 755 g/mol. The molecule has 0 spiro atoms. The number of hydrogen-bond acceptors (Lipinski definition) is 7. The van der Waals surface area contributed by atoms with Crippen LogP contribution in [0.4, 0.5) is 0 Å². The molecule has 9 heteroatoms. The van der Waals surface area contributed by atoms with Crippen molar-refractivity contribution in [2.45, 2.75) is 124 Å². The highest BCUT2D eigenvalue weighted by atomic mass is 32.1. The first-order valence-electron chi connectivity index (χ1n) is 18.7. The predicted octanol–water partition coefficient (Wildman–Crippen LogP) is 14.0. The molecule has 3 aromatic heterocycles. The van der Waals surface area contributed by atoms with Crippen molar-refractivity contribution >= 4 is 42.3 Å². The van der Waals surface area contributed by atoms with Gasteiger partial charge in [-0.25, -0.2) is 4.57 Å². The van der Waals surface area contributed by atoms with Crippen LogP contribution in [-0.2, 0) is 4.57 Å². The Labute approximate surface area is 313 Å². The van der Waals surface area contributed by atoms with Gasteiger partial charge in [-0.3, -0.25) is 0 Å². The summed E-state index contributed by atoms with van der Waals surface area (Å²) in [6.45, 7) is 7.96. The van der Waals surface area contributed by atoms with E-state index in [2.05, 4.69) is 69.0 Å². The van der Waals surface area contributed by atoms with Gasteiger partial charge in [0, 0.05) is 37.1 Å². The molecule has 0 bridgehead atoms. The van der Waals surface area contributed by atoms with Crippen LogP contribution in [0.15, 0.2) is 48.5 Å². The summed E-state index contributed by atoms with van der Waals surface area (Å²) in [6, 6.07) is 16.6. The molecule has 0 fully saturated rings. The van der Waals surface area contributed by atoms with Crippen LogP contribution in [0.3, 0.4) is 0 Å². The molecule has 0 amide bonds. The smallest absolute Gasteiger partial charge is 0.365 e. The third kappa shape index (κ3) is 13.5. The fourth-order valence-electron chi connectivity index (χ4n) is 5.68. The van der Waals surface area contributed by atoms with E-state index in [1.165, 1.54) is 91.7 Å². The molecule has 1 atom stereocenters. The van der Waals surface area contributed by atoms with Gasteiger partial charge < -0.3 is 18.9 Å². The largest absolute Gasteiger partial charge is 0.493 e. The molecule has 1 aromatic carbocycles. The zero-order chi connectivity index (χ0) is 35.4. The van der Waals surface area contributed by atoms with Gasteiger partial charge in [0.05, 0.1) is 18.1 Å². The van der Waals surface area contributed by atoms with Crippen molar-refractivity contribution in [1.29, 1.82) is 0 Å². The molecule has 0 aliphatic carbocycles. The number of rotatable bonds is 24. The van der Waals surface area contributed by atoms with Crippen LogP contribution in [-0.4, -0.2) is 18.1 Å². The molecule has 272 valence electrons. The zero-order valence-corrected chi connectivity index (χ0v) is 33.6. The van der Waals surface area contributed by atoms with E-state index in [0.29, 0.717) is 18.3 Å². The Bertz CT molecular complexity index is 1640. The van der Waals surface area contributed by atoms with Gasteiger partial charge in [0.25, 0.3) is 0 Å². The summed E-state index contributed by atoms with van der Waals surface area (Å²) in [6.07, 6.45) is 19.0. The molecule has 5 nitrogen and oxygen atoms in total. The van der Waals surface area contributed by atoms with Crippen molar-refractivity contribution in [3.8, 4) is 59.0 Å². The summed E-state index contributed by atoms with van der Waals surface area (Å²) < 4.78 is 29.6. The van der Waals surface area contributed by atoms with E-state index >= 15 is 0 Å². The monoisotopic (exact) mass is 754 g/mol.